The van der Waals surface area contributed by atoms with Crippen LogP contribution in [0.1, 0.15) is 54.6 Å². The normalized spacial score (nSPS) is 12.6. The lowest BCUT2D eigenvalue weighted by molar-refractivity contribution is 0.0536. The van der Waals surface area contributed by atoms with Crippen LogP contribution in [0, 0.1) is 13.8 Å². The summed E-state index contributed by atoms with van der Waals surface area (Å²) in [5, 5.41) is 10.0. The molecule has 28 heavy (non-hydrogen) atoms. The second-order valence-electron chi connectivity index (χ2n) is 8.00. The van der Waals surface area contributed by atoms with E-state index in [0.29, 0.717) is 5.69 Å². The van der Waals surface area contributed by atoms with Crippen molar-refractivity contribution in [2.75, 3.05) is 0 Å². The molecule has 3 rings (SSSR count). The number of phenols is 1. The molecule has 0 saturated heterocycles. The van der Waals surface area contributed by atoms with E-state index in [9.17, 15) is 9.90 Å². The molecular formula is C23H26N2O3. The van der Waals surface area contributed by atoms with Gasteiger partial charge in [-0.2, -0.15) is 0 Å². The zero-order valence-corrected chi connectivity index (χ0v) is 16.9. The fourth-order valence-electron chi connectivity index (χ4n) is 3.20. The number of hydrogen-bond acceptors (Lipinski definition) is 4. The van der Waals surface area contributed by atoms with Gasteiger partial charge in [-0.25, -0.2) is 14.3 Å². The number of imidazole rings is 1. The van der Waals surface area contributed by atoms with Crippen molar-refractivity contribution in [3.63, 3.8) is 0 Å². The summed E-state index contributed by atoms with van der Waals surface area (Å²) in [7, 11) is 0. The molecule has 0 aliphatic rings. The van der Waals surface area contributed by atoms with Crippen molar-refractivity contribution in [2.24, 2.45) is 0 Å². The topological polar surface area (TPSA) is 64.4 Å². The van der Waals surface area contributed by atoms with Gasteiger partial charge in [0.15, 0.2) is 0 Å². The number of aromatic hydroxyl groups is 1. The van der Waals surface area contributed by atoms with Gasteiger partial charge in [-0.15, -0.1) is 0 Å². The molecule has 1 aromatic heterocycles. The average Bonchev–Trinajstić information content (AvgIpc) is 3.07. The van der Waals surface area contributed by atoms with Crippen molar-refractivity contribution < 1.29 is 14.6 Å². The van der Waals surface area contributed by atoms with E-state index in [0.717, 1.165) is 16.7 Å². The number of aryl methyl sites for hydroxylation is 1. The van der Waals surface area contributed by atoms with Crippen molar-refractivity contribution >= 4 is 6.09 Å². The Morgan fingerprint density at radius 2 is 1.86 bits per heavy atom. The molecule has 0 bridgehead atoms. The maximum atomic E-state index is 12.4. The van der Waals surface area contributed by atoms with Crippen molar-refractivity contribution in [1.82, 2.24) is 9.55 Å². The van der Waals surface area contributed by atoms with Gasteiger partial charge >= 0.3 is 6.09 Å². The van der Waals surface area contributed by atoms with Crippen LogP contribution in [-0.2, 0) is 4.74 Å². The van der Waals surface area contributed by atoms with Gasteiger partial charge in [-0.1, -0.05) is 30.3 Å². The smallest absolute Gasteiger partial charge is 0.419 e. The lowest BCUT2D eigenvalue weighted by Gasteiger charge is -2.20. The van der Waals surface area contributed by atoms with Gasteiger partial charge in [0.1, 0.15) is 17.7 Å². The number of rotatable bonds is 3. The van der Waals surface area contributed by atoms with E-state index in [2.05, 4.69) is 31.0 Å². The Morgan fingerprint density at radius 1 is 1.14 bits per heavy atom. The molecule has 1 unspecified atom stereocenters. The van der Waals surface area contributed by atoms with E-state index in [-0.39, 0.29) is 11.7 Å². The molecule has 2 aromatic carbocycles. The summed E-state index contributed by atoms with van der Waals surface area (Å²) in [5.74, 6) is -0.0185. The molecular weight excluding hydrogens is 352 g/mol. The molecule has 1 N–H and O–H groups in total. The summed E-state index contributed by atoms with van der Waals surface area (Å²) in [6.45, 7) is 9.63. The van der Waals surface area contributed by atoms with Gasteiger partial charge in [0.2, 0.25) is 0 Å². The third-order valence-corrected chi connectivity index (χ3v) is 4.66. The average molecular weight is 378 g/mol. The Morgan fingerprint density at radius 3 is 2.54 bits per heavy atom. The maximum absolute atomic E-state index is 12.4. The number of hydrogen-bond donors (Lipinski definition) is 1. The first-order valence-electron chi connectivity index (χ1n) is 9.28. The number of nitrogens with zero attached hydrogens (tertiary/aromatic N) is 2. The van der Waals surface area contributed by atoms with Crippen LogP contribution in [0.4, 0.5) is 4.79 Å². The summed E-state index contributed by atoms with van der Waals surface area (Å²) in [6.07, 6.45) is 2.71. The Kier molecular flexibility index (Phi) is 5.27. The molecule has 0 amide bonds. The van der Waals surface area contributed by atoms with Crippen molar-refractivity contribution in [2.45, 2.75) is 46.1 Å². The zero-order chi connectivity index (χ0) is 20.5. The van der Waals surface area contributed by atoms with Crippen LogP contribution in [0.2, 0.25) is 0 Å². The maximum Gasteiger partial charge on any atom is 0.419 e. The Balaban J connectivity index is 2.08. The highest BCUT2D eigenvalue weighted by Crippen LogP contribution is 2.35. The largest absolute Gasteiger partial charge is 0.508 e. The lowest BCUT2D eigenvalue weighted by Crippen LogP contribution is -2.26. The number of aromatic nitrogens is 2. The van der Waals surface area contributed by atoms with Gasteiger partial charge in [0, 0.05) is 6.20 Å². The van der Waals surface area contributed by atoms with Crippen LogP contribution in [0.15, 0.2) is 55.0 Å². The van der Waals surface area contributed by atoms with E-state index in [1.54, 1.807) is 18.3 Å². The summed E-state index contributed by atoms with van der Waals surface area (Å²) < 4.78 is 6.80. The summed E-state index contributed by atoms with van der Waals surface area (Å²) in [5.41, 5.74) is 4.45. The quantitative estimate of drug-likeness (QED) is 0.683. The Bertz CT molecular complexity index is 999. The van der Waals surface area contributed by atoms with E-state index in [1.807, 2.05) is 39.0 Å². The van der Waals surface area contributed by atoms with E-state index >= 15 is 0 Å². The first-order chi connectivity index (χ1) is 13.2. The van der Waals surface area contributed by atoms with E-state index in [1.165, 1.54) is 16.5 Å². The van der Waals surface area contributed by atoms with Gasteiger partial charge in [0.05, 0.1) is 11.6 Å². The molecule has 5 nitrogen and oxygen atoms in total. The molecule has 0 aliphatic heterocycles. The standard InChI is InChI=1S/C23H26N2O3/c1-15-8-6-11-19(16(15)2)21(17-9-7-10-18(26)12-17)20-13-25(14-24-20)22(27)28-23(3,4)5/h6-14,21,26H,1-5H3. The summed E-state index contributed by atoms with van der Waals surface area (Å²) in [6, 6.07) is 13.3. The lowest BCUT2D eigenvalue weighted by atomic mass is 9.85. The number of carbonyl (C=O) groups is 1. The number of benzene rings is 2. The molecule has 0 spiro atoms. The fraction of sp³-hybridized carbons (Fsp3) is 0.304. The van der Waals surface area contributed by atoms with Crippen LogP contribution in [0.5, 0.6) is 5.75 Å². The van der Waals surface area contributed by atoms with Crippen molar-refractivity contribution in [3.8, 4) is 5.75 Å². The minimum Gasteiger partial charge on any atom is -0.508 e. The SMILES string of the molecule is Cc1cccc(C(c2cccc(O)c2)c2cn(C(=O)OC(C)(C)C)cn2)c1C. The summed E-state index contributed by atoms with van der Waals surface area (Å²) in [4.78, 5) is 16.9. The molecule has 0 fully saturated rings. The predicted molar refractivity (Wildman–Crippen MR) is 109 cm³/mol. The first-order valence-corrected chi connectivity index (χ1v) is 9.28. The third-order valence-electron chi connectivity index (χ3n) is 4.66. The van der Waals surface area contributed by atoms with Gasteiger partial charge in [-0.05, 0) is 69.0 Å². The second-order valence-corrected chi connectivity index (χ2v) is 8.00. The first kappa shape index (κ1) is 19.7. The number of phenolic OH excluding ortho intramolecular Hbond substituents is 1. The van der Waals surface area contributed by atoms with Crippen LogP contribution in [0.3, 0.4) is 0 Å². The highest BCUT2D eigenvalue weighted by molar-refractivity contribution is 5.71. The van der Waals surface area contributed by atoms with Crippen molar-refractivity contribution in [3.05, 3.63) is 82.9 Å². The van der Waals surface area contributed by atoms with Gasteiger partial charge in [-0.3, -0.25) is 0 Å². The predicted octanol–water partition coefficient (Wildman–Crippen LogP) is 5.17. The Labute approximate surface area is 165 Å². The molecule has 0 aliphatic carbocycles. The van der Waals surface area contributed by atoms with Crippen LogP contribution in [0.25, 0.3) is 0 Å². The molecule has 5 heteroatoms. The molecule has 3 aromatic rings. The zero-order valence-electron chi connectivity index (χ0n) is 16.9. The second kappa shape index (κ2) is 7.50. The van der Waals surface area contributed by atoms with Crippen LogP contribution >= 0.6 is 0 Å². The monoisotopic (exact) mass is 378 g/mol. The molecule has 0 saturated carbocycles. The van der Waals surface area contributed by atoms with E-state index < -0.39 is 11.7 Å². The third kappa shape index (κ3) is 4.25. The number of ether oxygens (including phenoxy) is 1. The van der Waals surface area contributed by atoms with Crippen LogP contribution in [-0.4, -0.2) is 26.4 Å². The minimum atomic E-state index is -0.584. The van der Waals surface area contributed by atoms with Crippen molar-refractivity contribution in [1.29, 1.82) is 0 Å². The summed E-state index contributed by atoms with van der Waals surface area (Å²) >= 11 is 0. The van der Waals surface area contributed by atoms with Gasteiger partial charge < -0.3 is 9.84 Å². The van der Waals surface area contributed by atoms with Gasteiger partial charge in [0.25, 0.3) is 0 Å². The molecule has 0 radical (unpaired) electrons. The molecule has 1 atom stereocenters. The van der Waals surface area contributed by atoms with E-state index in [4.69, 9.17) is 4.74 Å². The highest BCUT2D eigenvalue weighted by Gasteiger charge is 2.24. The minimum absolute atomic E-state index is 0.194. The highest BCUT2D eigenvalue weighted by atomic mass is 16.6. The van der Waals surface area contributed by atoms with Crippen LogP contribution < -0.4 is 0 Å². The Hall–Kier alpha value is -3.08. The molecule has 146 valence electrons. The molecule has 1 heterocycles. The fourth-order valence-corrected chi connectivity index (χ4v) is 3.20. The number of carbonyl (C=O) groups excluding carboxylic acids is 1.